The maximum Gasteiger partial charge on any atom is 0.452 e. The molecule has 1 aromatic heterocycles. The SMILES string of the molecule is CN(CC1CC(O)C1)c1nc(C(F)(F)F)ns1. The maximum atomic E-state index is 12.3. The standard InChI is InChI=1S/C9H12F3N3OS/c1-15(4-5-2-6(16)3-5)8-13-7(14-17-8)9(10,11)12/h5-6,16H,2-4H2,1H3. The monoisotopic (exact) mass is 267 g/mol. The quantitative estimate of drug-likeness (QED) is 0.906. The number of halogens is 3. The van der Waals surface area contributed by atoms with Crippen LogP contribution in [-0.4, -0.2) is 34.2 Å². The van der Waals surface area contributed by atoms with Crippen LogP contribution in [0.1, 0.15) is 18.7 Å². The Hall–Kier alpha value is -0.890. The smallest absolute Gasteiger partial charge is 0.393 e. The highest BCUT2D eigenvalue weighted by molar-refractivity contribution is 7.09. The summed E-state index contributed by atoms with van der Waals surface area (Å²) in [4.78, 5) is 5.11. The molecule has 96 valence electrons. The minimum Gasteiger partial charge on any atom is -0.393 e. The van der Waals surface area contributed by atoms with E-state index in [0.29, 0.717) is 25.3 Å². The zero-order valence-corrected chi connectivity index (χ0v) is 9.92. The van der Waals surface area contributed by atoms with Crippen LogP contribution in [0.2, 0.25) is 0 Å². The van der Waals surface area contributed by atoms with E-state index in [0.717, 1.165) is 11.5 Å². The van der Waals surface area contributed by atoms with Crippen LogP contribution >= 0.6 is 11.5 Å². The highest BCUT2D eigenvalue weighted by Crippen LogP contribution is 2.32. The molecule has 1 aliphatic carbocycles. The van der Waals surface area contributed by atoms with Gasteiger partial charge in [-0.3, -0.25) is 0 Å². The summed E-state index contributed by atoms with van der Waals surface area (Å²) in [5, 5.41) is 9.38. The van der Waals surface area contributed by atoms with Crippen molar-refractivity contribution in [2.24, 2.45) is 5.92 Å². The van der Waals surface area contributed by atoms with Crippen LogP contribution in [0.25, 0.3) is 0 Å². The molecule has 1 aromatic rings. The van der Waals surface area contributed by atoms with Crippen LogP contribution in [-0.2, 0) is 6.18 Å². The summed E-state index contributed by atoms with van der Waals surface area (Å²) >= 11 is 0.744. The fourth-order valence-electron chi connectivity index (χ4n) is 1.80. The lowest BCUT2D eigenvalue weighted by Gasteiger charge is -2.34. The molecule has 0 spiro atoms. The van der Waals surface area contributed by atoms with Crippen molar-refractivity contribution < 1.29 is 18.3 Å². The van der Waals surface area contributed by atoms with E-state index in [4.69, 9.17) is 5.11 Å². The summed E-state index contributed by atoms with van der Waals surface area (Å²) < 4.78 is 40.1. The molecule has 0 aromatic carbocycles. The van der Waals surface area contributed by atoms with E-state index in [-0.39, 0.29) is 11.2 Å². The van der Waals surface area contributed by atoms with Gasteiger partial charge in [-0.25, -0.2) is 0 Å². The van der Waals surface area contributed by atoms with Gasteiger partial charge in [-0.2, -0.15) is 22.5 Å². The van der Waals surface area contributed by atoms with E-state index in [2.05, 4.69) is 9.36 Å². The molecule has 0 amide bonds. The van der Waals surface area contributed by atoms with Crippen molar-refractivity contribution >= 4 is 16.7 Å². The topological polar surface area (TPSA) is 49.2 Å². The molecule has 1 N–H and O–H groups in total. The summed E-state index contributed by atoms with van der Waals surface area (Å²) in [6.45, 7) is 0.601. The molecule has 1 aliphatic rings. The zero-order valence-electron chi connectivity index (χ0n) is 9.11. The first-order valence-corrected chi connectivity index (χ1v) is 5.93. The van der Waals surface area contributed by atoms with Crippen molar-refractivity contribution in [1.29, 1.82) is 0 Å². The maximum absolute atomic E-state index is 12.3. The van der Waals surface area contributed by atoms with Gasteiger partial charge in [0.2, 0.25) is 11.0 Å². The highest BCUT2D eigenvalue weighted by atomic mass is 32.1. The van der Waals surface area contributed by atoms with Gasteiger partial charge >= 0.3 is 6.18 Å². The molecule has 8 heteroatoms. The number of alkyl halides is 3. The summed E-state index contributed by atoms with van der Waals surface area (Å²) in [5.74, 6) is -0.758. The number of hydrogen-bond donors (Lipinski definition) is 1. The number of nitrogens with zero attached hydrogens (tertiary/aromatic N) is 3. The van der Waals surface area contributed by atoms with E-state index >= 15 is 0 Å². The van der Waals surface area contributed by atoms with Crippen molar-refractivity contribution in [3.63, 3.8) is 0 Å². The van der Waals surface area contributed by atoms with Crippen LogP contribution < -0.4 is 4.90 Å². The molecule has 0 atom stereocenters. The van der Waals surface area contributed by atoms with Crippen molar-refractivity contribution in [1.82, 2.24) is 9.36 Å². The van der Waals surface area contributed by atoms with Crippen LogP contribution in [0.3, 0.4) is 0 Å². The van der Waals surface area contributed by atoms with Crippen molar-refractivity contribution in [2.75, 3.05) is 18.5 Å². The minimum absolute atomic E-state index is 0.256. The van der Waals surface area contributed by atoms with Crippen LogP contribution in [0.5, 0.6) is 0 Å². The summed E-state index contributed by atoms with van der Waals surface area (Å²) in [6.07, 6.45) is -3.33. The first kappa shape index (κ1) is 12.6. The summed E-state index contributed by atoms with van der Waals surface area (Å²) in [7, 11) is 1.69. The van der Waals surface area contributed by atoms with E-state index in [9.17, 15) is 13.2 Å². The zero-order chi connectivity index (χ0) is 12.6. The molecule has 17 heavy (non-hydrogen) atoms. The van der Waals surface area contributed by atoms with E-state index < -0.39 is 12.0 Å². The molecular formula is C9H12F3N3OS. The van der Waals surface area contributed by atoms with Gasteiger partial charge < -0.3 is 10.0 Å². The van der Waals surface area contributed by atoms with Gasteiger partial charge in [0, 0.05) is 25.1 Å². The predicted molar refractivity (Wildman–Crippen MR) is 56.9 cm³/mol. The van der Waals surface area contributed by atoms with Crippen LogP contribution in [0.15, 0.2) is 0 Å². The highest BCUT2D eigenvalue weighted by Gasteiger charge is 2.37. The Morgan fingerprint density at radius 3 is 2.59 bits per heavy atom. The lowest BCUT2D eigenvalue weighted by atomic mass is 9.82. The second-order valence-electron chi connectivity index (χ2n) is 4.27. The van der Waals surface area contributed by atoms with Crippen LogP contribution in [0.4, 0.5) is 18.3 Å². The molecule has 0 unspecified atom stereocenters. The van der Waals surface area contributed by atoms with E-state index in [1.807, 2.05) is 0 Å². The number of anilines is 1. The van der Waals surface area contributed by atoms with E-state index in [1.165, 1.54) is 0 Å². The number of hydrogen-bond acceptors (Lipinski definition) is 5. The van der Waals surface area contributed by atoms with Crippen molar-refractivity contribution in [3.8, 4) is 0 Å². The molecule has 2 rings (SSSR count). The number of aromatic nitrogens is 2. The molecule has 0 radical (unpaired) electrons. The molecular weight excluding hydrogens is 255 g/mol. The Morgan fingerprint density at radius 1 is 1.47 bits per heavy atom. The molecule has 0 bridgehead atoms. The third-order valence-electron chi connectivity index (χ3n) is 2.74. The van der Waals surface area contributed by atoms with Crippen LogP contribution in [0, 0.1) is 5.92 Å². The Labute approximate surface area is 100 Å². The number of aliphatic hydroxyl groups excluding tert-OH is 1. The number of aliphatic hydroxyl groups is 1. The van der Waals surface area contributed by atoms with Gasteiger partial charge in [-0.05, 0) is 18.8 Å². The average Bonchev–Trinajstić information content (AvgIpc) is 2.63. The molecule has 0 saturated heterocycles. The van der Waals surface area contributed by atoms with Crippen molar-refractivity contribution in [3.05, 3.63) is 5.82 Å². The Balaban J connectivity index is 1.95. The Morgan fingerprint density at radius 2 is 2.12 bits per heavy atom. The Kier molecular flexibility index (Phi) is 3.26. The fraction of sp³-hybridized carbons (Fsp3) is 0.778. The molecule has 1 saturated carbocycles. The largest absolute Gasteiger partial charge is 0.452 e. The first-order chi connectivity index (χ1) is 7.86. The van der Waals surface area contributed by atoms with Gasteiger partial charge in [0.25, 0.3) is 0 Å². The summed E-state index contributed by atoms with van der Waals surface area (Å²) in [6, 6.07) is 0. The molecule has 4 nitrogen and oxygen atoms in total. The molecule has 0 aliphatic heterocycles. The fourth-order valence-corrected chi connectivity index (χ4v) is 2.45. The lowest BCUT2D eigenvalue weighted by Crippen LogP contribution is -2.37. The summed E-state index contributed by atoms with van der Waals surface area (Å²) in [5.41, 5.74) is 0. The minimum atomic E-state index is -4.48. The second-order valence-corrected chi connectivity index (χ2v) is 5.00. The lowest BCUT2D eigenvalue weighted by molar-refractivity contribution is -0.144. The Bertz CT molecular complexity index is 389. The molecule has 1 fully saturated rings. The van der Waals surface area contributed by atoms with Gasteiger partial charge in [-0.15, -0.1) is 0 Å². The normalized spacial score (nSPS) is 24.5. The van der Waals surface area contributed by atoms with Gasteiger partial charge in [0.05, 0.1) is 6.10 Å². The van der Waals surface area contributed by atoms with E-state index in [1.54, 1.807) is 11.9 Å². The predicted octanol–water partition coefficient (Wildman–Crippen LogP) is 1.76. The third-order valence-corrected chi connectivity index (χ3v) is 3.57. The average molecular weight is 267 g/mol. The number of rotatable bonds is 3. The third kappa shape index (κ3) is 2.86. The first-order valence-electron chi connectivity index (χ1n) is 5.16. The molecule has 1 heterocycles. The van der Waals surface area contributed by atoms with Gasteiger partial charge in [0.15, 0.2) is 0 Å². The van der Waals surface area contributed by atoms with Gasteiger partial charge in [-0.1, -0.05) is 0 Å². The van der Waals surface area contributed by atoms with Gasteiger partial charge in [0.1, 0.15) is 0 Å². The van der Waals surface area contributed by atoms with Crippen molar-refractivity contribution in [2.45, 2.75) is 25.1 Å². The second kappa shape index (κ2) is 4.41.